The van der Waals surface area contributed by atoms with Crippen molar-refractivity contribution < 1.29 is 8.42 Å². The molecule has 0 N–H and O–H groups in total. The number of aryl methyl sites for hydroxylation is 1. The van der Waals surface area contributed by atoms with Crippen LogP contribution in [0.1, 0.15) is 37.7 Å². The average molecular weight is 399 g/mol. The molecule has 2 aromatic carbocycles. The number of rotatable bonds is 6. The Bertz CT molecular complexity index is 870. The summed E-state index contributed by atoms with van der Waals surface area (Å²) in [5, 5.41) is 0. The lowest BCUT2D eigenvalue weighted by Gasteiger charge is -2.45. The quantitative estimate of drug-likeness (QED) is 0.740. The van der Waals surface area contributed by atoms with E-state index in [0.717, 1.165) is 45.2 Å². The van der Waals surface area contributed by atoms with Gasteiger partial charge in [0.05, 0.1) is 4.90 Å². The standard InChI is InChI=1S/C23H30N2O2S/c26-28(27,22-13-5-2-6-14-22)25-19-9-16-23(20-25)15-8-18-24(23)17-7-12-21-10-3-1-4-11-21/h1-6,10-11,13-14H,7-9,12,15-20H2/t23-/m1/s1. The van der Waals surface area contributed by atoms with E-state index in [-0.39, 0.29) is 5.54 Å². The minimum Gasteiger partial charge on any atom is -0.296 e. The Morgan fingerprint density at radius 3 is 2.21 bits per heavy atom. The number of hydrogen-bond acceptors (Lipinski definition) is 3. The maximum absolute atomic E-state index is 13.1. The third-order valence-corrected chi connectivity index (χ3v) is 8.24. The van der Waals surface area contributed by atoms with Gasteiger partial charge in [0.15, 0.2) is 0 Å². The molecule has 1 spiro atoms. The largest absolute Gasteiger partial charge is 0.296 e. The van der Waals surface area contributed by atoms with E-state index in [1.807, 2.05) is 6.07 Å². The van der Waals surface area contributed by atoms with Crippen LogP contribution in [0.25, 0.3) is 0 Å². The summed E-state index contributed by atoms with van der Waals surface area (Å²) in [6.45, 7) is 3.41. The van der Waals surface area contributed by atoms with Gasteiger partial charge in [0.1, 0.15) is 0 Å². The minimum absolute atomic E-state index is 0.0246. The Kier molecular flexibility index (Phi) is 5.85. The first-order chi connectivity index (χ1) is 13.6. The normalized spacial score (nSPS) is 24.0. The molecule has 0 bridgehead atoms. The van der Waals surface area contributed by atoms with E-state index in [4.69, 9.17) is 0 Å². The Labute approximate surface area is 169 Å². The van der Waals surface area contributed by atoms with Crippen LogP contribution in [0.15, 0.2) is 65.6 Å². The summed E-state index contributed by atoms with van der Waals surface area (Å²) in [5.41, 5.74) is 1.41. The van der Waals surface area contributed by atoms with Crippen molar-refractivity contribution in [3.63, 3.8) is 0 Å². The van der Waals surface area contributed by atoms with E-state index >= 15 is 0 Å². The highest BCUT2D eigenvalue weighted by atomic mass is 32.2. The third kappa shape index (κ3) is 4.02. The fourth-order valence-corrected chi connectivity index (χ4v) is 6.52. The highest BCUT2D eigenvalue weighted by Gasteiger charge is 2.46. The van der Waals surface area contributed by atoms with Gasteiger partial charge in [-0.3, -0.25) is 4.90 Å². The second-order valence-corrected chi connectivity index (χ2v) is 10.1. The molecule has 5 heteroatoms. The number of nitrogens with zero attached hydrogens (tertiary/aromatic N) is 2. The molecule has 0 amide bonds. The van der Waals surface area contributed by atoms with Crippen molar-refractivity contribution in [1.29, 1.82) is 0 Å². The van der Waals surface area contributed by atoms with Gasteiger partial charge in [-0.2, -0.15) is 4.31 Å². The van der Waals surface area contributed by atoms with Gasteiger partial charge in [0.2, 0.25) is 10.0 Å². The number of sulfonamides is 1. The zero-order valence-electron chi connectivity index (χ0n) is 16.5. The molecule has 150 valence electrons. The van der Waals surface area contributed by atoms with Gasteiger partial charge in [-0.15, -0.1) is 0 Å². The van der Waals surface area contributed by atoms with E-state index in [0.29, 0.717) is 18.0 Å². The van der Waals surface area contributed by atoms with Crippen LogP contribution in [0.3, 0.4) is 0 Å². The predicted octanol–water partition coefficient (Wildman–Crippen LogP) is 3.94. The maximum atomic E-state index is 13.1. The fourth-order valence-electron chi connectivity index (χ4n) is 4.94. The number of piperidine rings is 1. The van der Waals surface area contributed by atoms with E-state index in [9.17, 15) is 8.42 Å². The topological polar surface area (TPSA) is 40.6 Å². The molecule has 0 unspecified atom stereocenters. The number of benzene rings is 2. The summed E-state index contributed by atoms with van der Waals surface area (Å²) in [7, 11) is -3.41. The van der Waals surface area contributed by atoms with Crippen LogP contribution >= 0.6 is 0 Å². The van der Waals surface area contributed by atoms with Gasteiger partial charge in [-0.05, 0) is 69.3 Å². The van der Waals surface area contributed by atoms with Gasteiger partial charge in [-0.1, -0.05) is 48.5 Å². The lowest BCUT2D eigenvalue weighted by molar-refractivity contribution is 0.0732. The van der Waals surface area contributed by atoms with Gasteiger partial charge in [0, 0.05) is 18.6 Å². The van der Waals surface area contributed by atoms with Crippen molar-refractivity contribution in [2.45, 2.75) is 49.0 Å². The molecular formula is C23H30N2O2S. The van der Waals surface area contributed by atoms with Crippen LogP contribution in [-0.2, 0) is 16.4 Å². The van der Waals surface area contributed by atoms with E-state index in [1.165, 1.54) is 12.0 Å². The van der Waals surface area contributed by atoms with Crippen LogP contribution in [0.2, 0.25) is 0 Å². The molecule has 1 atom stereocenters. The lowest BCUT2D eigenvalue weighted by atomic mass is 9.87. The second kappa shape index (κ2) is 8.36. The van der Waals surface area contributed by atoms with Gasteiger partial charge in [-0.25, -0.2) is 8.42 Å². The van der Waals surface area contributed by atoms with Crippen LogP contribution in [0, 0.1) is 0 Å². The van der Waals surface area contributed by atoms with Crippen LogP contribution in [-0.4, -0.2) is 49.3 Å². The summed E-state index contributed by atoms with van der Waals surface area (Å²) >= 11 is 0. The molecule has 4 rings (SSSR count). The Morgan fingerprint density at radius 2 is 1.50 bits per heavy atom. The highest BCUT2D eigenvalue weighted by Crippen LogP contribution is 2.38. The number of hydrogen-bond donors (Lipinski definition) is 0. The smallest absolute Gasteiger partial charge is 0.243 e. The van der Waals surface area contributed by atoms with Crippen LogP contribution < -0.4 is 0 Å². The van der Waals surface area contributed by atoms with Gasteiger partial charge in [0.25, 0.3) is 0 Å². The zero-order chi connectivity index (χ0) is 19.5. The van der Waals surface area contributed by atoms with Crippen molar-refractivity contribution in [1.82, 2.24) is 9.21 Å². The molecule has 0 aromatic heterocycles. The maximum Gasteiger partial charge on any atom is 0.243 e. The average Bonchev–Trinajstić information content (AvgIpc) is 3.11. The molecule has 2 heterocycles. The molecule has 2 aromatic rings. The molecular weight excluding hydrogens is 368 g/mol. The zero-order valence-corrected chi connectivity index (χ0v) is 17.3. The van der Waals surface area contributed by atoms with Crippen LogP contribution in [0.5, 0.6) is 0 Å². The summed E-state index contributed by atoms with van der Waals surface area (Å²) in [6.07, 6.45) is 6.54. The summed E-state index contributed by atoms with van der Waals surface area (Å²) in [6, 6.07) is 19.5. The Hall–Kier alpha value is -1.69. The van der Waals surface area contributed by atoms with E-state index in [2.05, 4.69) is 35.2 Å². The molecule has 0 aliphatic carbocycles. The molecule has 0 radical (unpaired) electrons. The third-order valence-electron chi connectivity index (χ3n) is 6.38. The molecule has 2 aliphatic rings. The first-order valence-corrected chi connectivity index (χ1v) is 11.9. The second-order valence-electron chi connectivity index (χ2n) is 8.16. The number of likely N-dealkylation sites (tertiary alicyclic amines) is 1. The Balaban J connectivity index is 1.44. The molecule has 2 fully saturated rings. The fraction of sp³-hybridized carbons (Fsp3) is 0.478. The molecule has 28 heavy (non-hydrogen) atoms. The molecule has 2 saturated heterocycles. The van der Waals surface area contributed by atoms with Crippen molar-refractivity contribution in [3.05, 3.63) is 66.2 Å². The Morgan fingerprint density at radius 1 is 0.857 bits per heavy atom. The molecule has 2 aliphatic heterocycles. The van der Waals surface area contributed by atoms with Crippen molar-refractivity contribution >= 4 is 10.0 Å². The summed E-state index contributed by atoms with van der Waals surface area (Å²) in [5.74, 6) is 0. The first kappa shape index (κ1) is 19.6. The lowest BCUT2D eigenvalue weighted by Crippen LogP contribution is -2.57. The highest BCUT2D eigenvalue weighted by molar-refractivity contribution is 7.89. The van der Waals surface area contributed by atoms with Crippen molar-refractivity contribution in [2.24, 2.45) is 0 Å². The monoisotopic (exact) mass is 398 g/mol. The van der Waals surface area contributed by atoms with Crippen molar-refractivity contribution in [2.75, 3.05) is 26.2 Å². The van der Waals surface area contributed by atoms with E-state index < -0.39 is 10.0 Å². The summed E-state index contributed by atoms with van der Waals surface area (Å²) < 4.78 is 28.0. The van der Waals surface area contributed by atoms with Gasteiger partial charge >= 0.3 is 0 Å². The first-order valence-electron chi connectivity index (χ1n) is 10.4. The van der Waals surface area contributed by atoms with Crippen LogP contribution in [0.4, 0.5) is 0 Å². The predicted molar refractivity (Wildman–Crippen MR) is 113 cm³/mol. The molecule has 4 nitrogen and oxygen atoms in total. The summed E-state index contributed by atoms with van der Waals surface area (Å²) in [4.78, 5) is 3.00. The van der Waals surface area contributed by atoms with Crippen molar-refractivity contribution in [3.8, 4) is 0 Å². The van der Waals surface area contributed by atoms with E-state index in [1.54, 1.807) is 28.6 Å². The minimum atomic E-state index is -3.41. The SMILES string of the molecule is O=S(=O)(c1ccccc1)N1CCC[C@]2(CCCN2CCCc2ccccc2)C1. The van der Waals surface area contributed by atoms with Gasteiger partial charge < -0.3 is 0 Å². The molecule has 0 saturated carbocycles.